The number of hydrogen-bond donors (Lipinski definition) is 2. The predicted molar refractivity (Wildman–Crippen MR) is 76.6 cm³/mol. The number of likely N-dealkylation sites (tertiary alicyclic amines) is 1. The largest absolute Gasteiger partial charge is 0.486 e. The number of carbonyl (C=O) groups is 1. The third kappa shape index (κ3) is 3.29. The van der Waals surface area contributed by atoms with Gasteiger partial charge in [0.15, 0.2) is 0 Å². The Balaban J connectivity index is 1.84. The predicted octanol–water partition coefficient (Wildman–Crippen LogP) is 0.603. The van der Waals surface area contributed by atoms with Gasteiger partial charge in [-0.25, -0.2) is 0 Å². The lowest BCUT2D eigenvalue weighted by Gasteiger charge is -2.39. The summed E-state index contributed by atoms with van der Waals surface area (Å²) < 4.78 is 5.94. The summed E-state index contributed by atoms with van der Waals surface area (Å²) in [7, 11) is 0. The van der Waals surface area contributed by atoms with Gasteiger partial charge in [-0.2, -0.15) is 0 Å². The molecule has 0 aliphatic carbocycles. The highest BCUT2D eigenvalue weighted by molar-refractivity contribution is 5.77. The second-order valence-electron chi connectivity index (χ2n) is 5.35. The van der Waals surface area contributed by atoms with Gasteiger partial charge in [-0.3, -0.25) is 4.79 Å². The van der Waals surface area contributed by atoms with Crippen molar-refractivity contribution in [1.29, 1.82) is 0 Å². The van der Waals surface area contributed by atoms with Crippen LogP contribution in [0.4, 0.5) is 0 Å². The molecule has 1 saturated heterocycles. The zero-order valence-electron chi connectivity index (χ0n) is 12.0. The zero-order chi connectivity index (χ0) is 14.7. The van der Waals surface area contributed by atoms with E-state index in [2.05, 4.69) is 0 Å². The molecular formula is C15H22N2O3. The van der Waals surface area contributed by atoms with Crippen LogP contribution in [-0.2, 0) is 4.79 Å². The van der Waals surface area contributed by atoms with Gasteiger partial charge in [0.25, 0.3) is 0 Å². The van der Waals surface area contributed by atoms with E-state index < -0.39 is 6.10 Å². The summed E-state index contributed by atoms with van der Waals surface area (Å²) in [6, 6.07) is 6.03. The number of aliphatic hydroxyl groups is 1. The molecular weight excluding hydrogens is 256 g/mol. The van der Waals surface area contributed by atoms with Crippen LogP contribution in [0.25, 0.3) is 0 Å². The summed E-state index contributed by atoms with van der Waals surface area (Å²) in [5, 5.41) is 9.37. The van der Waals surface area contributed by atoms with Crippen LogP contribution in [0.15, 0.2) is 18.2 Å². The van der Waals surface area contributed by atoms with Gasteiger partial charge in [-0.1, -0.05) is 18.2 Å². The second-order valence-corrected chi connectivity index (χ2v) is 5.35. The number of para-hydroxylation sites is 1. The maximum absolute atomic E-state index is 11.8. The molecule has 0 saturated carbocycles. The molecule has 3 N–H and O–H groups in total. The Morgan fingerprint density at radius 3 is 2.60 bits per heavy atom. The van der Waals surface area contributed by atoms with Crippen LogP contribution in [-0.4, -0.2) is 47.8 Å². The van der Waals surface area contributed by atoms with E-state index in [1.165, 1.54) is 0 Å². The molecule has 1 heterocycles. The molecule has 110 valence electrons. The molecule has 0 radical (unpaired) electrons. The van der Waals surface area contributed by atoms with E-state index in [0.29, 0.717) is 13.1 Å². The maximum Gasteiger partial charge on any atom is 0.225 e. The monoisotopic (exact) mass is 278 g/mol. The second kappa shape index (κ2) is 6.24. The number of aliphatic hydroxyl groups excluding tert-OH is 1. The molecule has 1 atom stereocenters. The minimum Gasteiger partial charge on any atom is -0.486 e. The molecule has 0 bridgehead atoms. The Kier molecular flexibility index (Phi) is 4.62. The van der Waals surface area contributed by atoms with E-state index in [1.807, 2.05) is 32.0 Å². The molecule has 20 heavy (non-hydrogen) atoms. The number of hydrogen-bond acceptors (Lipinski definition) is 4. The average molecular weight is 278 g/mol. The SMILES string of the molecule is Cc1cccc(C)c1OC1CN(C(=O)C[C@@H](O)CN)C1. The zero-order valence-corrected chi connectivity index (χ0v) is 12.0. The summed E-state index contributed by atoms with van der Waals surface area (Å²) in [6.45, 7) is 5.29. The van der Waals surface area contributed by atoms with Crippen molar-refractivity contribution in [2.45, 2.75) is 32.5 Å². The highest BCUT2D eigenvalue weighted by atomic mass is 16.5. The van der Waals surface area contributed by atoms with E-state index in [1.54, 1.807) is 4.90 Å². The van der Waals surface area contributed by atoms with E-state index in [0.717, 1.165) is 16.9 Å². The Hall–Kier alpha value is -1.59. The molecule has 1 amide bonds. The molecule has 1 aromatic carbocycles. The summed E-state index contributed by atoms with van der Waals surface area (Å²) in [5.41, 5.74) is 7.51. The normalized spacial score (nSPS) is 16.7. The summed E-state index contributed by atoms with van der Waals surface area (Å²) in [6.07, 6.45) is -0.623. The smallest absolute Gasteiger partial charge is 0.225 e. The Morgan fingerprint density at radius 1 is 1.45 bits per heavy atom. The van der Waals surface area contributed by atoms with Crippen molar-refractivity contribution < 1.29 is 14.6 Å². The topological polar surface area (TPSA) is 75.8 Å². The van der Waals surface area contributed by atoms with E-state index in [4.69, 9.17) is 10.5 Å². The number of amides is 1. The minimum absolute atomic E-state index is 0.0359. The molecule has 1 aromatic rings. The van der Waals surface area contributed by atoms with Crippen molar-refractivity contribution in [2.24, 2.45) is 5.73 Å². The molecule has 0 aromatic heterocycles. The van der Waals surface area contributed by atoms with Crippen LogP contribution in [0.1, 0.15) is 17.5 Å². The standard InChI is InChI=1S/C15H22N2O3/c1-10-4-3-5-11(2)15(10)20-13-8-17(9-13)14(19)6-12(18)7-16/h3-5,12-13,18H,6-9,16H2,1-2H3/t12-/m1/s1. The van der Waals surface area contributed by atoms with Crippen LogP contribution in [0.3, 0.4) is 0 Å². The van der Waals surface area contributed by atoms with Crippen LogP contribution < -0.4 is 10.5 Å². The van der Waals surface area contributed by atoms with Gasteiger partial charge < -0.3 is 20.5 Å². The Labute approximate surface area is 119 Å². The van der Waals surface area contributed by atoms with Crippen molar-refractivity contribution in [1.82, 2.24) is 4.90 Å². The maximum atomic E-state index is 11.8. The molecule has 5 heteroatoms. The number of ether oxygens (including phenoxy) is 1. The van der Waals surface area contributed by atoms with Crippen LogP contribution in [0.2, 0.25) is 0 Å². The first-order valence-electron chi connectivity index (χ1n) is 6.90. The molecule has 1 aliphatic rings. The van der Waals surface area contributed by atoms with Gasteiger partial charge in [-0.05, 0) is 25.0 Å². The van der Waals surface area contributed by atoms with Gasteiger partial charge in [0, 0.05) is 6.54 Å². The summed E-state index contributed by atoms with van der Waals surface area (Å²) >= 11 is 0. The van der Waals surface area contributed by atoms with Crippen molar-refractivity contribution in [2.75, 3.05) is 19.6 Å². The third-order valence-electron chi connectivity index (χ3n) is 3.58. The first-order valence-corrected chi connectivity index (χ1v) is 6.90. The summed E-state index contributed by atoms with van der Waals surface area (Å²) in [4.78, 5) is 13.5. The quantitative estimate of drug-likeness (QED) is 0.827. The van der Waals surface area contributed by atoms with Gasteiger partial charge in [-0.15, -0.1) is 0 Å². The number of nitrogens with zero attached hydrogens (tertiary/aromatic N) is 1. The fourth-order valence-electron chi connectivity index (χ4n) is 2.28. The van der Waals surface area contributed by atoms with Crippen molar-refractivity contribution in [3.05, 3.63) is 29.3 Å². The minimum atomic E-state index is -0.749. The van der Waals surface area contributed by atoms with Crippen molar-refractivity contribution >= 4 is 5.91 Å². The lowest BCUT2D eigenvalue weighted by molar-refractivity contribution is -0.141. The van der Waals surface area contributed by atoms with Crippen LogP contribution in [0, 0.1) is 13.8 Å². The van der Waals surface area contributed by atoms with Gasteiger partial charge in [0.05, 0.1) is 25.6 Å². The first kappa shape index (κ1) is 14.8. The number of rotatable bonds is 5. The number of benzene rings is 1. The molecule has 5 nitrogen and oxygen atoms in total. The highest BCUT2D eigenvalue weighted by Gasteiger charge is 2.33. The Morgan fingerprint density at radius 2 is 2.05 bits per heavy atom. The number of aryl methyl sites for hydroxylation is 2. The van der Waals surface area contributed by atoms with Gasteiger partial charge >= 0.3 is 0 Å². The molecule has 1 aliphatic heterocycles. The lowest BCUT2D eigenvalue weighted by Crippen LogP contribution is -2.56. The third-order valence-corrected chi connectivity index (χ3v) is 3.58. The molecule has 2 rings (SSSR count). The molecule has 1 fully saturated rings. The van der Waals surface area contributed by atoms with E-state index in [9.17, 15) is 9.90 Å². The molecule has 0 spiro atoms. The van der Waals surface area contributed by atoms with Crippen LogP contribution in [0.5, 0.6) is 5.75 Å². The van der Waals surface area contributed by atoms with Crippen molar-refractivity contribution in [3.63, 3.8) is 0 Å². The highest BCUT2D eigenvalue weighted by Crippen LogP contribution is 2.26. The van der Waals surface area contributed by atoms with E-state index >= 15 is 0 Å². The van der Waals surface area contributed by atoms with Gasteiger partial charge in [0.2, 0.25) is 5.91 Å². The Bertz CT molecular complexity index is 464. The fraction of sp³-hybridized carbons (Fsp3) is 0.533. The van der Waals surface area contributed by atoms with Gasteiger partial charge in [0.1, 0.15) is 11.9 Å². The van der Waals surface area contributed by atoms with Crippen LogP contribution >= 0.6 is 0 Å². The first-order chi connectivity index (χ1) is 9.51. The average Bonchev–Trinajstić information content (AvgIpc) is 2.35. The number of nitrogens with two attached hydrogens (primary N) is 1. The summed E-state index contributed by atoms with van der Waals surface area (Å²) in [5.74, 6) is 0.843. The van der Waals surface area contributed by atoms with Crippen molar-refractivity contribution in [3.8, 4) is 5.75 Å². The fourth-order valence-corrected chi connectivity index (χ4v) is 2.28. The lowest BCUT2D eigenvalue weighted by atomic mass is 10.1. The molecule has 0 unspecified atom stereocenters. The number of carbonyl (C=O) groups excluding carboxylic acids is 1. The van der Waals surface area contributed by atoms with E-state index in [-0.39, 0.29) is 25.0 Å².